The third kappa shape index (κ3) is 17.9. The molecule has 0 aromatic rings. The summed E-state index contributed by atoms with van der Waals surface area (Å²) in [5.41, 5.74) is 5.35. The number of hydrogen-bond donors (Lipinski definition) is 1. The minimum Gasteiger partial charge on any atom is -0.326 e. The monoisotopic (exact) mass is 199 g/mol. The van der Waals surface area contributed by atoms with Crippen molar-refractivity contribution < 1.29 is 0 Å². The highest BCUT2D eigenvalue weighted by Gasteiger charge is 1.96. The molecule has 0 bridgehead atoms. The van der Waals surface area contributed by atoms with E-state index in [2.05, 4.69) is 0 Å². The largest absolute Gasteiger partial charge is 0.326 e. The van der Waals surface area contributed by atoms with Crippen LogP contribution in [-0.4, -0.2) is 5.54 Å². The second-order valence-electron chi connectivity index (χ2n) is 5.55. The molecule has 0 aromatic heterocycles. The molecule has 0 aliphatic heterocycles. The van der Waals surface area contributed by atoms with Crippen LogP contribution < -0.4 is 5.73 Å². The molecule has 0 aromatic carbocycles. The van der Waals surface area contributed by atoms with Gasteiger partial charge < -0.3 is 5.73 Å². The van der Waals surface area contributed by atoms with E-state index in [1.165, 1.54) is 57.8 Å². The fourth-order valence-electron chi connectivity index (χ4n) is 1.59. The number of hydrogen-bond acceptors (Lipinski definition) is 1. The Bertz CT molecular complexity index is 78.4. The molecule has 0 heterocycles. The highest BCUT2D eigenvalue weighted by Crippen LogP contribution is 2.15. The molecule has 1 saturated carbocycles. The molecule has 0 amide bonds. The lowest BCUT2D eigenvalue weighted by molar-refractivity contribution is 0.580. The molecule has 1 rings (SSSR count). The van der Waals surface area contributed by atoms with Gasteiger partial charge in [-0.05, 0) is 20.8 Å². The predicted octanol–water partition coefficient (Wildman–Crippen LogP) is 4.25. The lowest BCUT2D eigenvalue weighted by atomic mass is 10.1. The van der Waals surface area contributed by atoms with Gasteiger partial charge in [-0.1, -0.05) is 57.8 Å². The maximum Gasteiger partial charge on any atom is 0.00686 e. The van der Waals surface area contributed by atoms with Crippen LogP contribution in [0.3, 0.4) is 0 Å². The SMILES string of the molecule is C1CCCCCCCC1.CC(C)(C)N. The van der Waals surface area contributed by atoms with E-state index in [1.807, 2.05) is 20.8 Å². The molecule has 1 heteroatoms. The van der Waals surface area contributed by atoms with Crippen molar-refractivity contribution in [3.8, 4) is 0 Å². The van der Waals surface area contributed by atoms with Gasteiger partial charge in [-0.2, -0.15) is 0 Å². The first kappa shape index (κ1) is 14.0. The van der Waals surface area contributed by atoms with Gasteiger partial charge in [-0.3, -0.25) is 0 Å². The summed E-state index contributed by atoms with van der Waals surface area (Å²) in [5, 5.41) is 0. The summed E-state index contributed by atoms with van der Waals surface area (Å²) in [4.78, 5) is 0. The molecule has 2 N–H and O–H groups in total. The molecule has 1 fully saturated rings. The number of rotatable bonds is 0. The molecule has 0 radical (unpaired) electrons. The Labute approximate surface area is 90.5 Å². The molecule has 86 valence electrons. The zero-order valence-electron chi connectivity index (χ0n) is 10.4. The van der Waals surface area contributed by atoms with Gasteiger partial charge in [0.2, 0.25) is 0 Å². The first-order chi connectivity index (χ1) is 6.50. The van der Waals surface area contributed by atoms with Crippen LogP contribution in [0.2, 0.25) is 0 Å². The van der Waals surface area contributed by atoms with Gasteiger partial charge in [-0.25, -0.2) is 0 Å². The average molecular weight is 199 g/mol. The van der Waals surface area contributed by atoms with Crippen molar-refractivity contribution in [2.24, 2.45) is 5.73 Å². The van der Waals surface area contributed by atoms with Crippen molar-refractivity contribution in [3.05, 3.63) is 0 Å². The second-order valence-corrected chi connectivity index (χ2v) is 5.55. The van der Waals surface area contributed by atoms with E-state index < -0.39 is 0 Å². The van der Waals surface area contributed by atoms with Crippen LogP contribution in [-0.2, 0) is 0 Å². The van der Waals surface area contributed by atoms with Crippen LogP contribution in [0.4, 0.5) is 0 Å². The van der Waals surface area contributed by atoms with Gasteiger partial charge in [0, 0.05) is 5.54 Å². The Balaban J connectivity index is 0.000000292. The molecule has 0 saturated heterocycles. The van der Waals surface area contributed by atoms with Crippen LogP contribution >= 0.6 is 0 Å². The third-order valence-electron chi connectivity index (χ3n) is 2.25. The van der Waals surface area contributed by atoms with E-state index in [-0.39, 0.29) is 5.54 Å². The van der Waals surface area contributed by atoms with Gasteiger partial charge in [0.25, 0.3) is 0 Å². The van der Waals surface area contributed by atoms with Gasteiger partial charge in [0.15, 0.2) is 0 Å². The highest BCUT2D eigenvalue weighted by molar-refractivity contribution is 4.60. The Morgan fingerprint density at radius 1 is 0.571 bits per heavy atom. The quantitative estimate of drug-likeness (QED) is 0.620. The van der Waals surface area contributed by atoms with E-state index in [4.69, 9.17) is 5.73 Å². The minimum absolute atomic E-state index is 0. The van der Waals surface area contributed by atoms with Gasteiger partial charge in [0.1, 0.15) is 0 Å². The van der Waals surface area contributed by atoms with Crippen molar-refractivity contribution in [1.82, 2.24) is 0 Å². The lowest BCUT2D eigenvalue weighted by Gasteiger charge is -2.06. The molecule has 1 nitrogen and oxygen atoms in total. The molecule has 0 unspecified atom stereocenters. The van der Waals surface area contributed by atoms with Gasteiger partial charge in [-0.15, -0.1) is 0 Å². The predicted molar refractivity (Wildman–Crippen MR) is 65.5 cm³/mol. The summed E-state index contributed by atoms with van der Waals surface area (Å²) in [6.45, 7) is 5.90. The molecular weight excluding hydrogens is 170 g/mol. The third-order valence-corrected chi connectivity index (χ3v) is 2.25. The Kier molecular flexibility index (Phi) is 8.26. The fourth-order valence-corrected chi connectivity index (χ4v) is 1.59. The first-order valence-electron chi connectivity index (χ1n) is 6.29. The van der Waals surface area contributed by atoms with Crippen molar-refractivity contribution in [2.75, 3.05) is 0 Å². The zero-order valence-corrected chi connectivity index (χ0v) is 10.4. The smallest absolute Gasteiger partial charge is 0.00686 e. The van der Waals surface area contributed by atoms with Crippen LogP contribution in [0.1, 0.15) is 78.6 Å². The Morgan fingerprint density at radius 3 is 0.714 bits per heavy atom. The summed E-state index contributed by atoms with van der Waals surface area (Å²) < 4.78 is 0. The van der Waals surface area contributed by atoms with Crippen LogP contribution in [0.25, 0.3) is 0 Å². The first-order valence-corrected chi connectivity index (χ1v) is 6.29. The minimum atomic E-state index is 0. The zero-order chi connectivity index (χ0) is 10.9. The fraction of sp³-hybridized carbons (Fsp3) is 1.00. The average Bonchev–Trinajstić information content (AvgIpc) is 2.14. The normalized spacial score (nSPS) is 19.7. The van der Waals surface area contributed by atoms with E-state index >= 15 is 0 Å². The highest BCUT2D eigenvalue weighted by atomic mass is 14.7. The van der Waals surface area contributed by atoms with Crippen LogP contribution in [0.5, 0.6) is 0 Å². The molecule has 1 aliphatic carbocycles. The maximum atomic E-state index is 5.35. The van der Waals surface area contributed by atoms with Crippen molar-refractivity contribution in [1.29, 1.82) is 0 Å². The topological polar surface area (TPSA) is 26.0 Å². The molecule has 1 aliphatic rings. The van der Waals surface area contributed by atoms with Gasteiger partial charge in [0.05, 0.1) is 0 Å². The van der Waals surface area contributed by atoms with Crippen LogP contribution in [0.15, 0.2) is 0 Å². The molecular formula is C13H29N. The molecule has 0 atom stereocenters. The van der Waals surface area contributed by atoms with E-state index in [1.54, 1.807) is 0 Å². The maximum absolute atomic E-state index is 5.35. The summed E-state index contributed by atoms with van der Waals surface area (Å²) in [7, 11) is 0. The van der Waals surface area contributed by atoms with Crippen molar-refractivity contribution in [3.63, 3.8) is 0 Å². The Morgan fingerprint density at radius 2 is 0.643 bits per heavy atom. The van der Waals surface area contributed by atoms with E-state index in [0.717, 1.165) is 0 Å². The van der Waals surface area contributed by atoms with Crippen molar-refractivity contribution in [2.45, 2.75) is 84.1 Å². The van der Waals surface area contributed by atoms with E-state index in [9.17, 15) is 0 Å². The number of nitrogens with two attached hydrogens (primary N) is 1. The summed E-state index contributed by atoms with van der Waals surface area (Å²) in [6.07, 6.45) is 13.5. The van der Waals surface area contributed by atoms with E-state index in [0.29, 0.717) is 0 Å². The van der Waals surface area contributed by atoms with Gasteiger partial charge >= 0.3 is 0 Å². The molecule has 0 spiro atoms. The standard InChI is InChI=1S/C9H18.C4H11N/c1-2-4-6-8-9-7-5-3-1;1-4(2,3)5/h1-9H2;5H2,1-3H3. The summed E-state index contributed by atoms with van der Waals surface area (Å²) in [6, 6.07) is 0. The summed E-state index contributed by atoms with van der Waals surface area (Å²) >= 11 is 0. The summed E-state index contributed by atoms with van der Waals surface area (Å²) in [5.74, 6) is 0. The second kappa shape index (κ2) is 8.28. The molecule has 14 heavy (non-hydrogen) atoms. The Hall–Kier alpha value is -0.0400. The van der Waals surface area contributed by atoms with Crippen molar-refractivity contribution >= 4 is 0 Å². The van der Waals surface area contributed by atoms with Crippen LogP contribution in [0, 0.1) is 0 Å². The lowest BCUT2D eigenvalue weighted by Crippen LogP contribution is -2.26.